The molecule has 0 aliphatic carbocycles. The second-order valence-electron chi connectivity index (χ2n) is 8.98. The highest BCUT2D eigenvalue weighted by atomic mass is 16.7. The van der Waals surface area contributed by atoms with Crippen LogP contribution >= 0.6 is 0 Å². The Morgan fingerprint density at radius 1 is 0.970 bits per heavy atom. The Hall–Kier alpha value is -3.26. The molecular formula is C25H32N4O4. The van der Waals surface area contributed by atoms with E-state index in [0.717, 1.165) is 42.3 Å². The number of carbonyl (C=O) groups excluding carboxylic acids is 2. The first kappa shape index (κ1) is 22.9. The number of hydrogen-bond acceptors (Lipinski definition) is 5. The van der Waals surface area contributed by atoms with E-state index >= 15 is 0 Å². The monoisotopic (exact) mass is 452 g/mol. The van der Waals surface area contributed by atoms with Gasteiger partial charge in [-0.2, -0.15) is 0 Å². The van der Waals surface area contributed by atoms with Crippen LogP contribution in [0.4, 0.5) is 10.5 Å². The Labute approximate surface area is 194 Å². The number of hydrogen-bond donors (Lipinski definition) is 2. The SMILES string of the molecule is Cc1ccc(NC(=O)NC(C(=O)N2CCN(Cc3ccc4c(c3)OCO4)CC2)C(C)C)cc1. The van der Waals surface area contributed by atoms with Crippen LogP contribution in [0.3, 0.4) is 0 Å². The van der Waals surface area contributed by atoms with Crippen molar-refractivity contribution < 1.29 is 19.1 Å². The second kappa shape index (κ2) is 10.1. The summed E-state index contributed by atoms with van der Waals surface area (Å²) in [4.78, 5) is 29.9. The van der Waals surface area contributed by atoms with Crippen LogP contribution in [0.5, 0.6) is 11.5 Å². The molecule has 0 saturated carbocycles. The summed E-state index contributed by atoms with van der Waals surface area (Å²) in [5, 5.41) is 5.69. The van der Waals surface area contributed by atoms with Gasteiger partial charge in [-0.15, -0.1) is 0 Å². The summed E-state index contributed by atoms with van der Waals surface area (Å²) in [5.41, 5.74) is 2.98. The third kappa shape index (κ3) is 5.76. The molecular weight excluding hydrogens is 420 g/mol. The van der Waals surface area contributed by atoms with Crippen molar-refractivity contribution in [2.45, 2.75) is 33.4 Å². The molecule has 3 amide bonds. The van der Waals surface area contributed by atoms with Crippen molar-refractivity contribution in [3.05, 3.63) is 53.6 Å². The Morgan fingerprint density at radius 2 is 1.67 bits per heavy atom. The molecule has 1 saturated heterocycles. The molecule has 0 spiro atoms. The van der Waals surface area contributed by atoms with Gasteiger partial charge in [-0.3, -0.25) is 9.69 Å². The van der Waals surface area contributed by atoms with E-state index in [9.17, 15) is 9.59 Å². The number of benzene rings is 2. The fourth-order valence-corrected chi connectivity index (χ4v) is 4.08. The van der Waals surface area contributed by atoms with Crippen molar-refractivity contribution in [1.29, 1.82) is 0 Å². The fourth-order valence-electron chi connectivity index (χ4n) is 4.08. The molecule has 2 aromatic carbocycles. The number of rotatable bonds is 6. The summed E-state index contributed by atoms with van der Waals surface area (Å²) < 4.78 is 10.8. The van der Waals surface area contributed by atoms with Gasteiger partial charge in [0.1, 0.15) is 6.04 Å². The third-order valence-corrected chi connectivity index (χ3v) is 6.06. The van der Waals surface area contributed by atoms with E-state index in [1.807, 2.05) is 62.1 Å². The molecule has 8 heteroatoms. The predicted octanol–water partition coefficient (Wildman–Crippen LogP) is 3.21. The molecule has 1 atom stereocenters. The van der Waals surface area contributed by atoms with Gasteiger partial charge in [-0.25, -0.2) is 4.79 Å². The minimum atomic E-state index is -0.573. The zero-order valence-electron chi connectivity index (χ0n) is 19.5. The molecule has 2 N–H and O–H groups in total. The van der Waals surface area contributed by atoms with Crippen molar-refractivity contribution in [1.82, 2.24) is 15.1 Å². The molecule has 176 valence electrons. The number of aryl methyl sites for hydroxylation is 1. The van der Waals surface area contributed by atoms with Crippen LogP contribution in [0.25, 0.3) is 0 Å². The Balaban J connectivity index is 1.29. The lowest BCUT2D eigenvalue weighted by Crippen LogP contribution is -2.56. The van der Waals surface area contributed by atoms with Gasteiger partial charge in [-0.05, 0) is 42.7 Å². The molecule has 1 unspecified atom stereocenters. The molecule has 4 rings (SSSR count). The Morgan fingerprint density at radius 3 is 2.36 bits per heavy atom. The quantitative estimate of drug-likeness (QED) is 0.703. The summed E-state index contributed by atoms with van der Waals surface area (Å²) in [5.74, 6) is 1.52. The van der Waals surface area contributed by atoms with Crippen molar-refractivity contribution in [3.8, 4) is 11.5 Å². The van der Waals surface area contributed by atoms with Gasteiger partial charge in [0.2, 0.25) is 12.7 Å². The molecule has 2 heterocycles. The molecule has 0 bridgehead atoms. The first-order chi connectivity index (χ1) is 15.9. The predicted molar refractivity (Wildman–Crippen MR) is 126 cm³/mol. The van der Waals surface area contributed by atoms with Gasteiger partial charge in [0.05, 0.1) is 0 Å². The lowest BCUT2D eigenvalue weighted by atomic mass is 10.0. The van der Waals surface area contributed by atoms with Crippen molar-refractivity contribution >= 4 is 17.6 Å². The van der Waals surface area contributed by atoms with Gasteiger partial charge in [0, 0.05) is 38.4 Å². The fraction of sp³-hybridized carbons (Fsp3) is 0.440. The normalized spacial score (nSPS) is 16.5. The summed E-state index contributed by atoms with van der Waals surface area (Å²) in [7, 11) is 0. The number of anilines is 1. The van der Waals surface area contributed by atoms with E-state index in [-0.39, 0.29) is 24.6 Å². The Bertz CT molecular complexity index is 984. The number of ether oxygens (including phenoxy) is 2. The molecule has 2 aromatic rings. The van der Waals surface area contributed by atoms with E-state index in [0.29, 0.717) is 18.8 Å². The molecule has 1 fully saturated rings. The van der Waals surface area contributed by atoms with Crippen LogP contribution < -0.4 is 20.1 Å². The summed E-state index contributed by atoms with van der Waals surface area (Å²) >= 11 is 0. The van der Waals surface area contributed by atoms with Gasteiger partial charge >= 0.3 is 6.03 Å². The van der Waals surface area contributed by atoms with Crippen molar-refractivity contribution in [3.63, 3.8) is 0 Å². The lowest BCUT2D eigenvalue weighted by molar-refractivity contribution is -0.136. The van der Waals surface area contributed by atoms with Crippen LogP contribution in [0.2, 0.25) is 0 Å². The number of fused-ring (bicyclic) bond motifs is 1. The minimum Gasteiger partial charge on any atom is -0.454 e. The zero-order chi connectivity index (χ0) is 23.4. The first-order valence-electron chi connectivity index (χ1n) is 11.4. The second-order valence-corrected chi connectivity index (χ2v) is 8.98. The largest absolute Gasteiger partial charge is 0.454 e. The topological polar surface area (TPSA) is 83.1 Å². The lowest BCUT2D eigenvalue weighted by Gasteiger charge is -2.37. The standard InChI is InChI=1S/C25H32N4O4/c1-17(2)23(27-25(31)26-20-7-4-18(3)5-8-20)24(30)29-12-10-28(11-13-29)15-19-6-9-21-22(14-19)33-16-32-21/h4-9,14,17,23H,10-13,15-16H2,1-3H3,(H2,26,27,31). The first-order valence-corrected chi connectivity index (χ1v) is 11.4. The number of amides is 3. The van der Waals surface area contributed by atoms with Gasteiger partial charge in [0.15, 0.2) is 11.5 Å². The van der Waals surface area contributed by atoms with Crippen LogP contribution in [0.1, 0.15) is 25.0 Å². The third-order valence-electron chi connectivity index (χ3n) is 6.06. The number of nitrogens with one attached hydrogen (secondary N) is 2. The van der Waals surface area contributed by atoms with Crippen LogP contribution in [0.15, 0.2) is 42.5 Å². The smallest absolute Gasteiger partial charge is 0.319 e. The number of piperazine rings is 1. The highest BCUT2D eigenvalue weighted by Crippen LogP contribution is 2.32. The maximum Gasteiger partial charge on any atom is 0.319 e. The van der Waals surface area contributed by atoms with Gasteiger partial charge < -0.3 is 25.0 Å². The van der Waals surface area contributed by atoms with Crippen molar-refractivity contribution in [2.24, 2.45) is 5.92 Å². The Kier molecular flexibility index (Phi) is 7.03. The zero-order valence-corrected chi connectivity index (χ0v) is 19.5. The van der Waals surface area contributed by atoms with Crippen LogP contribution in [-0.4, -0.2) is 60.8 Å². The molecule has 33 heavy (non-hydrogen) atoms. The summed E-state index contributed by atoms with van der Waals surface area (Å²) in [6, 6.07) is 12.6. The van der Waals surface area contributed by atoms with E-state index in [1.165, 1.54) is 0 Å². The van der Waals surface area contributed by atoms with E-state index in [4.69, 9.17) is 9.47 Å². The van der Waals surface area contributed by atoms with Crippen LogP contribution in [0, 0.1) is 12.8 Å². The number of urea groups is 1. The molecule has 0 aromatic heterocycles. The van der Waals surface area contributed by atoms with Gasteiger partial charge in [-0.1, -0.05) is 37.6 Å². The minimum absolute atomic E-state index is 0.0204. The van der Waals surface area contributed by atoms with E-state index < -0.39 is 6.04 Å². The number of nitrogens with zero attached hydrogens (tertiary/aromatic N) is 2. The summed E-state index contributed by atoms with van der Waals surface area (Å²) in [6.45, 7) is 9.78. The molecule has 2 aliphatic heterocycles. The molecule has 2 aliphatic rings. The van der Waals surface area contributed by atoms with E-state index in [2.05, 4.69) is 21.6 Å². The summed E-state index contributed by atoms with van der Waals surface area (Å²) in [6.07, 6.45) is 0. The highest BCUT2D eigenvalue weighted by Gasteiger charge is 2.31. The van der Waals surface area contributed by atoms with E-state index in [1.54, 1.807) is 0 Å². The maximum atomic E-state index is 13.2. The average Bonchev–Trinajstić information content (AvgIpc) is 3.27. The van der Waals surface area contributed by atoms with Crippen molar-refractivity contribution in [2.75, 3.05) is 38.3 Å². The average molecular weight is 453 g/mol. The maximum absolute atomic E-state index is 13.2. The molecule has 0 radical (unpaired) electrons. The molecule has 8 nitrogen and oxygen atoms in total. The van der Waals surface area contributed by atoms with Gasteiger partial charge in [0.25, 0.3) is 0 Å². The highest BCUT2D eigenvalue weighted by molar-refractivity contribution is 5.93. The number of carbonyl (C=O) groups is 2. The van der Waals surface area contributed by atoms with Crippen LogP contribution in [-0.2, 0) is 11.3 Å².